The predicted octanol–water partition coefficient (Wildman–Crippen LogP) is 3.73. The van der Waals surface area contributed by atoms with Gasteiger partial charge in [0, 0.05) is 17.1 Å². The van der Waals surface area contributed by atoms with Crippen molar-refractivity contribution in [1.29, 1.82) is 0 Å². The first-order valence-electron chi connectivity index (χ1n) is 5.50. The fraction of sp³-hybridized carbons (Fsp3) is 0.214. The van der Waals surface area contributed by atoms with Gasteiger partial charge in [0.05, 0.1) is 0 Å². The Morgan fingerprint density at radius 2 is 2.11 bits per heavy atom. The maximum atomic E-state index is 12.3. The summed E-state index contributed by atoms with van der Waals surface area (Å²) in [6.45, 7) is 2.27. The smallest absolute Gasteiger partial charge is 0.228 e. The number of methoxy groups -OCH3 is 1. The molecule has 0 bridgehead atoms. The van der Waals surface area contributed by atoms with E-state index in [0.29, 0.717) is 23.7 Å². The van der Waals surface area contributed by atoms with E-state index >= 15 is 0 Å². The molecule has 2 aromatic rings. The number of ketones is 1. The number of halogens is 1. The summed E-state index contributed by atoms with van der Waals surface area (Å²) in [5, 5.41) is 0. The molecule has 3 nitrogen and oxygen atoms in total. The lowest BCUT2D eigenvalue weighted by molar-refractivity contribution is 0.0999. The molecule has 2 rings (SSSR count). The molecule has 1 heterocycles. The van der Waals surface area contributed by atoms with Crippen molar-refractivity contribution < 1.29 is 13.9 Å². The number of hydrogen-bond acceptors (Lipinski definition) is 3. The summed E-state index contributed by atoms with van der Waals surface area (Å²) in [5.74, 6) is 0.868. The van der Waals surface area contributed by atoms with E-state index in [-0.39, 0.29) is 5.78 Å². The second kappa shape index (κ2) is 5.50. The van der Waals surface area contributed by atoms with E-state index in [1.807, 2.05) is 19.1 Å². The van der Waals surface area contributed by atoms with Crippen molar-refractivity contribution in [2.75, 3.05) is 7.11 Å². The number of hydrogen-bond donors (Lipinski definition) is 0. The predicted molar refractivity (Wildman–Crippen MR) is 71.7 cm³/mol. The second-order valence-electron chi connectivity index (χ2n) is 3.99. The van der Waals surface area contributed by atoms with E-state index in [2.05, 4.69) is 15.9 Å². The molecule has 0 atom stereocenters. The van der Waals surface area contributed by atoms with Crippen LogP contribution in [0, 0.1) is 6.92 Å². The van der Waals surface area contributed by atoms with Gasteiger partial charge < -0.3 is 9.15 Å². The Morgan fingerprint density at radius 1 is 1.33 bits per heavy atom. The van der Waals surface area contributed by atoms with Gasteiger partial charge in [-0.2, -0.15) is 0 Å². The molecule has 0 saturated carbocycles. The molecule has 0 radical (unpaired) electrons. The Kier molecular flexibility index (Phi) is 3.99. The summed E-state index contributed by atoms with van der Waals surface area (Å²) < 4.78 is 11.3. The van der Waals surface area contributed by atoms with Crippen molar-refractivity contribution in [1.82, 2.24) is 0 Å². The normalized spacial score (nSPS) is 10.6. The molecule has 0 aliphatic heterocycles. The van der Waals surface area contributed by atoms with Crippen LogP contribution in [0.1, 0.15) is 27.4 Å². The van der Waals surface area contributed by atoms with Crippen LogP contribution in [0.15, 0.2) is 39.2 Å². The Morgan fingerprint density at radius 3 is 2.83 bits per heavy atom. The summed E-state index contributed by atoms with van der Waals surface area (Å²) in [7, 11) is 1.59. The number of aryl methyl sites for hydroxylation is 1. The van der Waals surface area contributed by atoms with Gasteiger partial charge in [-0.25, -0.2) is 0 Å². The largest absolute Gasteiger partial charge is 0.455 e. The van der Waals surface area contributed by atoms with Gasteiger partial charge in [-0.1, -0.05) is 22.0 Å². The molecular weight excluding hydrogens is 296 g/mol. The number of carbonyl (C=O) groups excluding carboxylic acids is 1. The molecule has 1 aromatic carbocycles. The molecule has 0 unspecified atom stereocenters. The topological polar surface area (TPSA) is 39.4 Å². The molecule has 0 saturated heterocycles. The molecule has 0 aliphatic rings. The summed E-state index contributed by atoms with van der Waals surface area (Å²) in [5.41, 5.74) is 1.57. The molecule has 1 aromatic heterocycles. The quantitative estimate of drug-likeness (QED) is 0.808. The highest BCUT2D eigenvalue weighted by Gasteiger charge is 2.16. The maximum absolute atomic E-state index is 12.3. The molecular formula is C14H13BrO3. The average Bonchev–Trinajstić information content (AvgIpc) is 2.80. The molecule has 94 valence electrons. The van der Waals surface area contributed by atoms with Gasteiger partial charge >= 0.3 is 0 Å². The van der Waals surface area contributed by atoms with Crippen LogP contribution in [-0.2, 0) is 11.3 Å². The number of rotatable bonds is 4. The van der Waals surface area contributed by atoms with Crippen molar-refractivity contribution in [3.05, 3.63) is 57.5 Å². The highest BCUT2D eigenvalue weighted by atomic mass is 79.9. The summed E-state index contributed by atoms with van der Waals surface area (Å²) >= 11 is 3.36. The van der Waals surface area contributed by atoms with Crippen molar-refractivity contribution in [2.24, 2.45) is 0 Å². The Labute approximate surface area is 114 Å². The molecule has 4 heteroatoms. The van der Waals surface area contributed by atoms with E-state index < -0.39 is 0 Å². The van der Waals surface area contributed by atoms with E-state index in [4.69, 9.17) is 9.15 Å². The van der Waals surface area contributed by atoms with Gasteiger partial charge in [-0.15, -0.1) is 0 Å². The van der Waals surface area contributed by atoms with E-state index in [1.54, 1.807) is 25.3 Å². The van der Waals surface area contributed by atoms with Crippen LogP contribution in [-0.4, -0.2) is 12.9 Å². The van der Waals surface area contributed by atoms with Crippen LogP contribution in [0.4, 0.5) is 0 Å². The first-order valence-corrected chi connectivity index (χ1v) is 6.29. The Hall–Kier alpha value is -1.39. The summed E-state index contributed by atoms with van der Waals surface area (Å²) in [6.07, 6.45) is 0. The minimum atomic E-state index is -0.115. The summed E-state index contributed by atoms with van der Waals surface area (Å²) in [4.78, 5) is 12.3. The zero-order valence-electron chi connectivity index (χ0n) is 10.2. The van der Waals surface area contributed by atoms with E-state index in [9.17, 15) is 4.79 Å². The lowest BCUT2D eigenvalue weighted by Gasteiger charge is -2.03. The molecule has 0 N–H and O–H groups in total. The Bertz CT molecular complexity index is 572. The molecule has 0 spiro atoms. The van der Waals surface area contributed by atoms with Crippen molar-refractivity contribution in [3.63, 3.8) is 0 Å². The first kappa shape index (κ1) is 13.1. The molecule has 18 heavy (non-hydrogen) atoms. The third-order valence-corrected chi connectivity index (χ3v) is 3.11. The van der Waals surface area contributed by atoms with Crippen LogP contribution in [0.5, 0.6) is 0 Å². The average molecular weight is 309 g/mol. The first-order chi connectivity index (χ1) is 8.61. The maximum Gasteiger partial charge on any atom is 0.228 e. The van der Waals surface area contributed by atoms with E-state index in [0.717, 1.165) is 10.0 Å². The number of carbonyl (C=O) groups is 1. The fourth-order valence-corrected chi connectivity index (χ4v) is 2.05. The van der Waals surface area contributed by atoms with Crippen molar-refractivity contribution in [2.45, 2.75) is 13.5 Å². The SMILES string of the molecule is COCc1ccc(C(=O)c2cc(Br)ccc2C)o1. The fourth-order valence-electron chi connectivity index (χ4n) is 1.69. The van der Waals surface area contributed by atoms with Crippen LogP contribution in [0.2, 0.25) is 0 Å². The van der Waals surface area contributed by atoms with Gasteiger partial charge in [0.15, 0.2) is 5.76 Å². The molecule has 0 aliphatic carbocycles. The molecule has 0 fully saturated rings. The minimum absolute atomic E-state index is 0.115. The van der Waals surface area contributed by atoms with Gasteiger partial charge in [-0.3, -0.25) is 4.79 Å². The zero-order valence-corrected chi connectivity index (χ0v) is 11.8. The zero-order chi connectivity index (χ0) is 13.1. The van der Waals surface area contributed by atoms with Crippen LogP contribution < -0.4 is 0 Å². The van der Waals surface area contributed by atoms with Crippen LogP contribution in [0.25, 0.3) is 0 Å². The van der Waals surface area contributed by atoms with Gasteiger partial charge in [0.25, 0.3) is 0 Å². The minimum Gasteiger partial charge on any atom is -0.455 e. The van der Waals surface area contributed by atoms with Crippen LogP contribution >= 0.6 is 15.9 Å². The van der Waals surface area contributed by atoms with Crippen LogP contribution in [0.3, 0.4) is 0 Å². The standard InChI is InChI=1S/C14H13BrO3/c1-9-3-4-10(15)7-12(9)14(16)13-6-5-11(18-13)8-17-2/h3-7H,8H2,1-2H3. The van der Waals surface area contributed by atoms with Crippen molar-refractivity contribution >= 4 is 21.7 Å². The van der Waals surface area contributed by atoms with Gasteiger partial charge in [0.1, 0.15) is 12.4 Å². The highest BCUT2D eigenvalue weighted by Crippen LogP contribution is 2.20. The number of benzene rings is 1. The van der Waals surface area contributed by atoms with Crippen molar-refractivity contribution in [3.8, 4) is 0 Å². The lowest BCUT2D eigenvalue weighted by atomic mass is 10.0. The van der Waals surface area contributed by atoms with Gasteiger partial charge in [-0.05, 0) is 36.8 Å². The highest BCUT2D eigenvalue weighted by molar-refractivity contribution is 9.10. The third-order valence-electron chi connectivity index (χ3n) is 2.62. The summed E-state index contributed by atoms with van der Waals surface area (Å²) in [6, 6.07) is 9.04. The number of furan rings is 1. The van der Waals surface area contributed by atoms with E-state index in [1.165, 1.54) is 0 Å². The number of ether oxygens (including phenoxy) is 1. The third kappa shape index (κ3) is 2.71. The Balaban J connectivity index is 2.32. The molecule has 0 amide bonds. The second-order valence-corrected chi connectivity index (χ2v) is 4.90. The lowest BCUT2D eigenvalue weighted by Crippen LogP contribution is -2.02. The van der Waals surface area contributed by atoms with Gasteiger partial charge in [0.2, 0.25) is 5.78 Å². The monoisotopic (exact) mass is 308 g/mol.